The van der Waals surface area contributed by atoms with Gasteiger partial charge in [0.05, 0.1) is 25.4 Å². The summed E-state index contributed by atoms with van der Waals surface area (Å²) in [5.41, 5.74) is 2.16. The monoisotopic (exact) mass is 436 g/mol. The van der Waals surface area contributed by atoms with Gasteiger partial charge in [0.25, 0.3) is 5.91 Å². The molecule has 0 saturated carbocycles. The molecule has 32 heavy (non-hydrogen) atoms. The van der Waals surface area contributed by atoms with E-state index < -0.39 is 12.0 Å². The predicted molar refractivity (Wildman–Crippen MR) is 116 cm³/mol. The van der Waals surface area contributed by atoms with Gasteiger partial charge in [0.1, 0.15) is 18.1 Å². The minimum absolute atomic E-state index is 0.296. The summed E-state index contributed by atoms with van der Waals surface area (Å²) in [4.78, 5) is 30.4. The van der Waals surface area contributed by atoms with Crippen LogP contribution in [0.1, 0.15) is 21.8 Å². The zero-order valence-corrected chi connectivity index (χ0v) is 17.9. The highest BCUT2D eigenvalue weighted by molar-refractivity contribution is 5.97. The van der Waals surface area contributed by atoms with Crippen LogP contribution in [0.5, 0.6) is 5.75 Å². The van der Waals surface area contributed by atoms with Crippen LogP contribution >= 0.6 is 0 Å². The van der Waals surface area contributed by atoms with Crippen LogP contribution in [0.3, 0.4) is 0 Å². The summed E-state index contributed by atoms with van der Waals surface area (Å²) in [7, 11) is 0. The summed E-state index contributed by atoms with van der Waals surface area (Å²) >= 11 is 0. The van der Waals surface area contributed by atoms with Gasteiger partial charge in [-0.3, -0.25) is 4.79 Å². The molecule has 2 aromatic carbocycles. The number of quaternary nitrogens is 1. The Hall–Kier alpha value is -3.65. The number of ether oxygens (including phenoxy) is 1. The first kappa shape index (κ1) is 21.6. The van der Waals surface area contributed by atoms with Crippen LogP contribution in [0, 0.1) is 6.92 Å². The minimum atomic E-state index is -0.987. The molecular weight excluding hydrogens is 410 g/mol. The van der Waals surface area contributed by atoms with Gasteiger partial charge in [-0.15, -0.1) is 0 Å². The lowest BCUT2D eigenvalue weighted by molar-refractivity contribution is -0.665. The van der Waals surface area contributed by atoms with E-state index in [9.17, 15) is 14.7 Å². The molecule has 1 amide bonds. The predicted octanol–water partition coefficient (Wildman–Crippen LogP) is 1.74. The SMILES string of the molecule is Cc1oc(-c2ccccc2)nc1CCOc1cccc(C(=O)N2CC[NH2+]CC2C(=O)O)c1. The van der Waals surface area contributed by atoms with Crippen LogP contribution in [0.25, 0.3) is 11.5 Å². The van der Waals surface area contributed by atoms with Crippen LogP contribution in [0.15, 0.2) is 59.0 Å². The number of amides is 1. The molecular formula is C24H26N3O5+. The summed E-state index contributed by atoms with van der Waals surface area (Å²) in [5, 5.41) is 11.3. The van der Waals surface area contributed by atoms with Gasteiger partial charge < -0.3 is 24.5 Å². The summed E-state index contributed by atoms with van der Waals surface area (Å²) in [6.45, 7) is 3.70. The molecule has 0 spiro atoms. The number of hydrogen-bond acceptors (Lipinski definition) is 5. The van der Waals surface area contributed by atoms with Crippen LogP contribution < -0.4 is 10.1 Å². The Morgan fingerprint density at radius 3 is 2.81 bits per heavy atom. The molecule has 8 heteroatoms. The number of carbonyl (C=O) groups excluding carboxylic acids is 1. The van der Waals surface area contributed by atoms with E-state index in [1.807, 2.05) is 42.6 Å². The van der Waals surface area contributed by atoms with Gasteiger partial charge in [0.2, 0.25) is 5.89 Å². The number of carbonyl (C=O) groups is 2. The molecule has 1 fully saturated rings. The molecule has 0 bridgehead atoms. The molecule has 8 nitrogen and oxygen atoms in total. The number of carboxylic acids is 1. The molecule has 3 N–H and O–H groups in total. The third kappa shape index (κ3) is 4.81. The number of nitrogens with two attached hydrogens (primary N) is 1. The van der Waals surface area contributed by atoms with E-state index in [0.717, 1.165) is 17.0 Å². The third-order valence-electron chi connectivity index (χ3n) is 5.49. The number of aryl methyl sites for hydroxylation is 1. The Bertz CT molecular complexity index is 1100. The number of nitrogens with zero attached hydrogens (tertiary/aromatic N) is 2. The highest BCUT2D eigenvalue weighted by Crippen LogP contribution is 2.22. The van der Waals surface area contributed by atoms with Gasteiger partial charge >= 0.3 is 5.97 Å². The van der Waals surface area contributed by atoms with Crippen molar-refractivity contribution in [3.8, 4) is 17.2 Å². The summed E-state index contributed by atoms with van der Waals surface area (Å²) in [5.74, 6) is 0.599. The number of aromatic nitrogens is 1. The molecule has 1 aliphatic rings. The second-order valence-electron chi connectivity index (χ2n) is 7.68. The Morgan fingerprint density at radius 2 is 2.03 bits per heavy atom. The Kier molecular flexibility index (Phi) is 6.51. The second kappa shape index (κ2) is 9.65. The van der Waals surface area contributed by atoms with Crippen molar-refractivity contribution in [3.05, 3.63) is 71.6 Å². The van der Waals surface area contributed by atoms with Gasteiger partial charge in [-0.1, -0.05) is 24.3 Å². The highest BCUT2D eigenvalue weighted by Gasteiger charge is 2.34. The Balaban J connectivity index is 1.39. The maximum atomic E-state index is 12.9. The number of hydrogen-bond donors (Lipinski definition) is 2. The van der Waals surface area contributed by atoms with Crippen molar-refractivity contribution in [1.82, 2.24) is 9.88 Å². The number of rotatable bonds is 7. The summed E-state index contributed by atoms with van der Waals surface area (Å²) in [6, 6.07) is 15.7. The molecule has 3 aromatic rings. The molecule has 1 saturated heterocycles. The standard InChI is InChI=1S/C24H25N3O5/c1-16-20(26-22(32-16)17-6-3-2-4-7-17)10-13-31-19-9-5-8-18(14-19)23(28)27-12-11-25-15-21(27)24(29)30/h2-9,14,21,25H,10-13,15H2,1H3,(H,29,30)/p+1. The first-order valence-corrected chi connectivity index (χ1v) is 10.6. The van der Waals surface area contributed by atoms with Crippen LogP contribution in [-0.2, 0) is 11.2 Å². The van der Waals surface area contributed by atoms with E-state index in [2.05, 4.69) is 4.98 Å². The molecule has 4 rings (SSSR count). The summed E-state index contributed by atoms with van der Waals surface area (Å²) in [6.07, 6.45) is 0.559. The quantitative estimate of drug-likeness (QED) is 0.584. The van der Waals surface area contributed by atoms with E-state index in [4.69, 9.17) is 9.15 Å². The van der Waals surface area contributed by atoms with Gasteiger partial charge in [-0.05, 0) is 37.3 Å². The van der Waals surface area contributed by atoms with Crippen molar-refractivity contribution < 1.29 is 29.2 Å². The van der Waals surface area contributed by atoms with E-state index in [1.54, 1.807) is 24.3 Å². The maximum absolute atomic E-state index is 12.9. The van der Waals surface area contributed by atoms with Crippen molar-refractivity contribution in [1.29, 1.82) is 0 Å². The molecule has 1 aromatic heterocycles. The fraction of sp³-hybridized carbons (Fsp3) is 0.292. The molecule has 0 radical (unpaired) electrons. The minimum Gasteiger partial charge on any atom is -0.493 e. The third-order valence-corrected chi connectivity index (χ3v) is 5.49. The zero-order valence-electron chi connectivity index (χ0n) is 17.9. The van der Waals surface area contributed by atoms with Crippen LogP contribution in [0.2, 0.25) is 0 Å². The van der Waals surface area contributed by atoms with Crippen LogP contribution in [0.4, 0.5) is 0 Å². The van der Waals surface area contributed by atoms with E-state index >= 15 is 0 Å². The smallest absolute Gasteiger partial charge is 0.332 e. The van der Waals surface area contributed by atoms with Crippen molar-refractivity contribution in [3.63, 3.8) is 0 Å². The largest absolute Gasteiger partial charge is 0.493 e. The van der Waals surface area contributed by atoms with E-state index in [-0.39, 0.29) is 5.91 Å². The van der Waals surface area contributed by atoms with Gasteiger partial charge in [-0.25, -0.2) is 9.78 Å². The van der Waals surface area contributed by atoms with E-state index in [1.165, 1.54) is 4.90 Å². The molecule has 166 valence electrons. The lowest BCUT2D eigenvalue weighted by atomic mass is 10.1. The number of oxazole rings is 1. The van der Waals surface area contributed by atoms with Crippen molar-refractivity contribution >= 4 is 11.9 Å². The molecule has 2 heterocycles. The Morgan fingerprint density at radius 1 is 1.22 bits per heavy atom. The fourth-order valence-corrected chi connectivity index (χ4v) is 3.78. The zero-order chi connectivity index (χ0) is 22.5. The fourth-order valence-electron chi connectivity index (χ4n) is 3.78. The lowest BCUT2D eigenvalue weighted by Crippen LogP contribution is -2.92. The normalized spacial score (nSPS) is 16.0. The summed E-state index contributed by atoms with van der Waals surface area (Å²) < 4.78 is 11.6. The first-order valence-electron chi connectivity index (χ1n) is 10.6. The highest BCUT2D eigenvalue weighted by atomic mass is 16.5. The molecule has 1 atom stereocenters. The lowest BCUT2D eigenvalue weighted by Gasteiger charge is -2.31. The van der Waals surface area contributed by atoms with Gasteiger partial charge in [0, 0.05) is 17.5 Å². The Labute approximate surface area is 185 Å². The van der Waals surface area contributed by atoms with Crippen molar-refractivity contribution in [2.75, 3.05) is 26.2 Å². The maximum Gasteiger partial charge on any atom is 0.332 e. The van der Waals surface area contributed by atoms with Crippen molar-refractivity contribution in [2.45, 2.75) is 19.4 Å². The molecule has 1 unspecified atom stereocenters. The number of carboxylic acid groups (broad SMARTS) is 1. The number of benzene rings is 2. The second-order valence-corrected chi connectivity index (χ2v) is 7.68. The molecule has 0 aliphatic carbocycles. The van der Waals surface area contributed by atoms with Gasteiger partial charge in [-0.2, -0.15) is 0 Å². The molecule has 1 aliphatic heterocycles. The van der Waals surface area contributed by atoms with Crippen molar-refractivity contribution in [2.24, 2.45) is 0 Å². The first-order chi connectivity index (χ1) is 15.5. The topological polar surface area (TPSA) is 109 Å². The number of piperazine rings is 1. The average molecular weight is 436 g/mol. The van der Waals surface area contributed by atoms with Crippen LogP contribution in [-0.4, -0.2) is 59.1 Å². The number of aliphatic carboxylic acids is 1. The van der Waals surface area contributed by atoms with Gasteiger partial charge in [0.15, 0.2) is 6.04 Å². The van der Waals surface area contributed by atoms with E-state index in [0.29, 0.717) is 49.9 Å². The average Bonchev–Trinajstić information content (AvgIpc) is 3.20.